The first-order chi connectivity index (χ1) is 9.19. The van der Waals surface area contributed by atoms with Crippen LogP contribution in [0.25, 0.3) is 0 Å². The second-order valence-electron chi connectivity index (χ2n) is 5.47. The Hall–Kier alpha value is -0.830. The zero-order valence-electron chi connectivity index (χ0n) is 12.3. The van der Waals surface area contributed by atoms with Crippen molar-refractivity contribution in [3.63, 3.8) is 0 Å². The molecule has 1 saturated heterocycles. The Labute approximate surface area is 117 Å². The van der Waals surface area contributed by atoms with E-state index in [2.05, 4.69) is 13.0 Å². The molecule has 0 unspecified atom stereocenters. The fraction of sp³-hybridized carbons (Fsp3) is 0.812. The van der Waals surface area contributed by atoms with Gasteiger partial charge in [-0.1, -0.05) is 44.8 Å². The first-order valence-electron chi connectivity index (χ1n) is 7.68. The molecular formula is C16H28O3. The monoisotopic (exact) mass is 268 g/mol. The van der Waals surface area contributed by atoms with Crippen molar-refractivity contribution in [3.8, 4) is 0 Å². The molecule has 3 atom stereocenters. The molecule has 0 aromatic rings. The van der Waals surface area contributed by atoms with Crippen molar-refractivity contribution in [2.24, 2.45) is 5.92 Å². The molecule has 3 heteroatoms. The predicted molar refractivity (Wildman–Crippen MR) is 76.8 cm³/mol. The highest BCUT2D eigenvalue weighted by atomic mass is 16.6. The van der Waals surface area contributed by atoms with Gasteiger partial charge >= 0.3 is 5.97 Å². The third-order valence-corrected chi connectivity index (χ3v) is 3.79. The number of aliphatic hydroxyl groups excluding tert-OH is 1. The molecule has 3 nitrogen and oxygen atoms in total. The fourth-order valence-electron chi connectivity index (χ4n) is 2.55. The van der Waals surface area contributed by atoms with Crippen LogP contribution in [-0.2, 0) is 9.53 Å². The number of rotatable bonds is 10. The summed E-state index contributed by atoms with van der Waals surface area (Å²) in [4.78, 5) is 11.4. The number of unbranched alkanes of at least 4 members (excludes halogenated alkanes) is 3. The SMILES string of the molecule is C/C=C/CC[C@@H](O)C[C@@H]1OC(=O)[C@H]1CCCCCC. The van der Waals surface area contributed by atoms with E-state index in [1.807, 2.05) is 13.0 Å². The maximum Gasteiger partial charge on any atom is 0.313 e. The van der Waals surface area contributed by atoms with Gasteiger partial charge in [-0.2, -0.15) is 0 Å². The molecule has 1 aliphatic heterocycles. The lowest BCUT2D eigenvalue weighted by Gasteiger charge is -2.36. The van der Waals surface area contributed by atoms with Gasteiger partial charge in [0.15, 0.2) is 0 Å². The molecule has 1 N–H and O–H groups in total. The highest BCUT2D eigenvalue weighted by Crippen LogP contribution is 2.31. The quantitative estimate of drug-likeness (QED) is 0.374. The highest BCUT2D eigenvalue weighted by molar-refractivity contribution is 5.78. The smallest absolute Gasteiger partial charge is 0.313 e. The van der Waals surface area contributed by atoms with Gasteiger partial charge in [-0.3, -0.25) is 4.79 Å². The Kier molecular flexibility index (Phi) is 7.80. The molecule has 0 radical (unpaired) electrons. The van der Waals surface area contributed by atoms with Gasteiger partial charge in [0.05, 0.1) is 12.0 Å². The molecule has 0 bridgehead atoms. The van der Waals surface area contributed by atoms with Crippen LogP contribution in [0.2, 0.25) is 0 Å². The number of esters is 1. The fourth-order valence-corrected chi connectivity index (χ4v) is 2.55. The number of allylic oxidation sites excluding steroid dienone is 2. The summed E-state index contributed by atoms with van der Waals surface area (Å²) in [7, 11) is 0. The van der Waals surface area contributed by atoms with Gasteiger partial charge in [0.1, 0.15) is 6.10 Å². The number of hydrogen-bond donors (Lipinski definition) is 1. The second kappa shape index (κ2) is 9.13. The second-order valence-corrected chi connectivity index (χ2v) is 5.47. The van der Waals surface area contributed by atoms with Crippen molar-refractivity contribution in [2.45, 2.75) is 77.4 Å². The third kappa shape index (κ3) is 5.77. The molecule has 0 aromatic heterocycles. The lowest BCUT2D eigenvalue weighted by Crippen LogP contribution is -2.46. The van der Waals surface area contributed by atoms with Gasteiger partial charge in [-0.25, -0.2) is 0 Å². The van der Waals surface area contributed by atoms with Crippen molar-refractivity contribution < 1.29 is 14.6 Å². The number of cyclic esters (lactones) is 1. The number of carbonyl (C=O) groups is 1. The van der Waals surface area contributed by atoms with E-state index in [4.69, 9.17) is 4.74 Å². The Balaban J connectivity index is 2.19. The number of carbonyl (C=O) groups excluding carboxylic acids is 1. The average Bonchev–Trinajstić information content (AvgIpc) is 2.38. The Morgan fingerprint density at radius 3 is 2.79 bits per heavy atom. The topological polar surface area (TPSA) is 46.5 Å². The first kappa shape index (κ1) is 16.2. The Morgan fingerprint density at radius 1 is 1.37 bits per heavy atom. The van der Waals surface area contributed by atoms with Crippen LogP contribution >= 0.6 is 0 Å². The van der Waals surface area contributed by atoms with E-state index in [9.17, 15) is 9.90 Å². The maximum absolute atomic E-state index is 11.4. The van der Waals surface area contributed by atoms with Crippen LogP contribution in [-0.4, -0.2) is 23.3 Å². The van der Waals surface area contributed by atoms with Crippen molar-refractivity contribution in [3.05, 3.63) is 12.2 Å². The molecule has 110 valence electrons. The zero-order chi connectivity index (χ0) is 14.1. The lowest BCUT2D eigenvalue weighted by atomic mass is 9.87. The number of ether oxygens (including phenoxy) is 1. The maximum atomic E-state index is 11.4. The van der Waals surface area contributed by atoms with E-state index in [0.29, 0.717) is 6.42 Å². The van der Waals surface area contributed by atoms with Crippen LogP contribution < -0.4 is 0 Å². The molecule has 1 aliphatic rings. The van der Waals surface area contributed by atoms with Gasteiger partial charge in [0.25, 0.3) is 0 Å². The van der Waals surface area contributed by atoms with E-state index in [0.717, 1.165) is 25.7 Å². The van der Waals surface area contributed by atoms with Crippen LogP contribution in [0.3, 0.4) is 0 Å². The summed E-state index contributed by atoms with van der Waals surface area (Å²) < 4.78 is 5.17. The van der Waals surface area contributed by atoms with Crippen molar-refractivity contribution in [1.29, 1.82) is 0 Å². The van der Waals surface area contributed by atoms with Crippen LogP contribution in [0.15, 0.2) is 12.2 Å². The van der Waals surface area contributed by atoms with Crippen molar-refractivity contribution in [2.75, 3.05) is 0 Å². The van der Waals surface area contributed by atoms with Gasteiger partial charge in [-0.15, -0.1) is 0 Å². The molecule has 1 rings (SSSR count). The summed E-state index contributed by atoms with van der Waals surface area (Å²) in [6.07, 6.45) is 11.5. The molecule has 1 fully saturated rings. The van der Waals surface area contributed by atoms with Crippen molar-refractivity contribution >= 4 is 5.97 Å². The molecule has 0 saturated carbocycles. The summed E-state index contributed by atoms with van der Waals surface area (Å²) in [5, 5.41) is 9.90. The van der Waals surface area contributed by atoms with Gasteiger partial charge in [0, 0.05) is 6.42 Å². The summed E-state index contributed by atoms with van der Waals surface area (Å²) >= 11 is 0. The number of hydrogen-bond acceptors (Lipinski definition) is 3. The molecule has 1 heterocycles. The molecule has 19 heavy (non-hydrogen) atoms. The number of aliphatic hydroxyl groups is 1. The highest BCUT2D eigenvalue weighted by Gasteiger charge is 2.42. The van der Waals surface area contributed by atoms with Gasteiger partial charge in [0.2, 0.25) is 0 Å². The minimum absolute atomic E-state index is 0.0354. The van der Waals surface area contributed by atoms with Crippen molar-refractivity contribution in [1.82, 2.24) is 0 Å². The molecule has 0 aromatic carbocycles. The van der Waals surface area contributed by atoms with Crippen LogP contribution in [0, 0.1) is 5.92 Å². The van der Waals surface area contributed by atoms with Gasteiger partial charge < -0.3 is 9.84 Å². The lowest BCUT2D eigenvalue weighted by molar-refractivity contribution is -0.188. The third-order valence-electron chi connectivity index (χ3n) is 3.79. The van der Waals surface area contributed by atoms with Crippen LogP contribution in [0.5, 0.6) is 0 Å². The van der Waals surface area contributed by atoms with Crippen LogP contribution in [0.1, 0.15) is 65.2 Å². The normalized spacial score (nSPS) is 24.3. The van der Waals surface area contributed by atoms with E-state index in [-0.39, 0.29) is 24.1 Å². The summed E-state index contributed by atoms with van der Waals surface area (Å²) in [5.41, 5.74) is 0. The molecule has 0 amide bonds. The van der Waals surface area contributed by atoms with E-state index in [1.165, 1.54) is 19.3 Å². The summed E-state index contributed by atoms with van der Waals surface area (Å²) in [6, 6.07) is 0. The van der Waals surface area contributed by atoms with E-state index < -0.39 is 0 Å². The Bertz CT molecular complexity index is 286. The zero-order valence-corrected chi connectivity index (χ0v) is 12.3. The molecule has 0 aliphatic carbocycles. The largest absolute Gasteiger partial charge is 0.461 e. The first-order valence-corrected chi connectivity index (χ1v) is 7.68. The van der Waals surface area contributed by atoms with E-state index in [1.54, 1.807) is 0 Å². The minimum atomic E-state index is -0.354. The predicted octanol–water partition coefficient (Wildman–Crippen LogP) is 3.61. The molecule has 0 spiro atoms. The average molecular weight is 268 g/mol. The molecular weight excluding hydrogens is 240 g/mol. The Morgan fingerprint density at radius 2 is 2.16 bits per heavy atom. The van der Waals surface area contributed by atoms with E-state index >= 15 is 0 Å². The summed E-state index contributed by atoms with van der Waals surface area (Å²) in [5.74, 6) is -0.0321. The van der Waals surface area contributed by atoms with Crippen LogP contribution in [0.4, 0.5) is 0 Å². The minimum Gasteiger partial charge on any atom is -0.461 e. The van der Waals surface area contributed by atoms with Gasteiger partial charge in [-0.05, 0) is 26.2 Å². The standard InChI is InChI=1S/C16H28O3/c1-3-5-7-9-11-14-15(19-16(14)18)12-13(17)10-8-6-4-2/h4,6,13-15,17H,3,5,7-12H2,1-2H3/b6-4+/t13-,14+,15+/m1/s1. The summed E-state index contributed by atoms with van der Waals surface area (Å²) in [6.45, 7) is 4.16.